The molecular weight excluding hydrogens is 510 g/mol. The summed E-state index contributed by atoms with van der Waals surface area (Å²) in [5.74, 6) is -0.243. The molecule has 0 aliphatic rings. The number of ether oxygens (including phenoxy) is 1. The van der Waals surface area contributed by atoms with Crippen molar-refractivity contribution in [1.29, 1.82) is 0 Å². The van der Waals surface area contributed by atoms with Crippen molar-refractivity contribution in [1.82, 2.24) is 14.2 Å². The SMILES string of the molecule is COCCCN(CC(=O)N(CCc1c[nH]c2ccccc12)Cc1ccccc1)S(=O)(=O)C=Cc1ccccc1. The van der Waals surface area contributed by atoms with Crippen molar-refractivity contribution in [3.05, 3.63) is 113 Å². The van der Waals surface area contributed by atoms with Crippen LogP contribution >= 0.6 is 0 Å². The number of fused-ring (bicyclic) bond motifs is 1. The van der Waals surface area contributed by atoms with Crippen LogP contribution < -0.4 is 0 Å². The molecule has 7 nitrogen and oxygen atoms in total. The molecule has 0 saturated carbocycles. The molecule has 1 amide bonds. The third-order valence-corrected chi connectivity index (χ3v) is 8.07. The second-order valence-electron chi connectivity index (χ2n) is 9.35. The van der Waals surface area contributed by atoms with E-state index in [9.17, 15) is 13.2 Å². The molecule has 0 aliphatic carbocycles. The molecule has 0 saturated heterocycles. The number of aromatic amines is 1. The summed E-state index contributed by atoms with van der Waals surface area (Å²) in [6.45, 7) is 1.20. The van der Waals surface area contributed by atoms with Gasteiger partial charge in [-0.1, -0.05) is 78.9 Å². The van der Waals surface area contributed by atoms with Crippen LogP contribution in [0.4, 0.5) is 0 Å². The average molecular weight is 546 g/mol. The summed E-state index contributed by atoms with van der Waals surface area (Å²) in [6.07, 6.45) is 4.66. The Labute approximate surface area is 230 Å². The molecule has 0 radical (unpaired) electrons. The highest BCUT2D eigenvalue weighted by Gasteiger charge is 2.25. The summed E-state index contributed by atoms with van der Waals surface area (Å²) < 4.78 is 33.0. The van der Waals surface area contributed by atoms with E-state index in [0.717, 1.165) is 27.6 Å². The molecule has 0 bridgehead atoms. The lowest BCUT2D eigenvalue weighted by molar-refractivity contribution is -0.132. The number of nitrogens with zero attached hydrogens (tertiary/aromatic N) is 2. The van der Waals surface area contributed by atoms with Crippen molar-refractivity contribution in [2.24, 2.45) is 0 Å². The van der Waals surface area contributed by atoms with Gasteiger partial charge < -0.3 is 14.6 Å². The van der Waals surface area contributed by atoms with Gasteiger partial charge in [-0.15, -0.1) is 0 Å². The van der Waals surface area contributed by atoms with Crippen LogP contribution in [0.5, 0.6) is 0 Å². The van der Waals surface area contributed by atoms with E-state index in [4.69, 9.17) is 4.74 Å². The average Bonchev–Trinajstić information content (AvgIpc) is 3.38. The largest absolute Gasteiger partial charge is 0.385 e. The standard InChI is InChI=1S/C31H35N3O4S/c1-38-21-10-19-34(39(36,37)22-18-26-11-4-2-5-12-26)25-31(35)33(24-27-13-6-3-7-14-27)20-17-28-23-32-30-16-9-8-15-29(28)30/h2-9,11-16,18,22-23,32H,10,17,19-21,24-25H2,1H3. The summed E-state index contributed by atoms with van der Waals surface area (Å²) in [5, 5.41) is 2.30. The second kappa shape index (κ2) is 13.9. The number of rotatable bonds is 14. The second-order valence-corrected chi connectivity index (χ2v) is 11.2. The number of sulfonamides is 1. The number of benzene rings is 3. The van der Waals surface area contributed by atoms with Gasteiger partial charge >= 0.3 is 0 Å². The lowest BCUT2D eigenvalue weighted by atomic mass is 10.1. The topological polar surface area (TPSA) is 82.7 Å². The molecule has 1 aromatic heterocycles. The van der Waals surface area contributed by atoms with Crippen molar-refractivity contribution in [3.63, 3.8) is 0 Å². The van der Waals surface area contributed by atoms with E-state index in [0.29, 0.717) is 32.5 Å². The number of aromatic nitrogens is 1. The van der Waals surface area contributed by atoms with Crippen LogP contribution in [-0.2, 0) is 32.5 Å². The zero-order chi connectivity index (χ0) is 27.5. The highest BCUT2D eigenvalue weighted by molar-refractivity contribution is 7.92. The van der Waals surface area contributed by atoms with Gasteiger partial charge in [0, 0.05) is 55.9 Å². The van der Waals surface area contributed by atoms with Gasteiger partial charge in [-0.2, -0.15) is 4.31 Å². The summed E-state index contributed by atoms with van der Waals surface area (Å²) in [5.41, 5.74) is 3.93. The number of methoxy groups -OCH3 is 1. The van der Waals surface area contributed by atoms with Gasteiger partial charge in [-0.3, -0.25) is 4.79 Å². The van der Waals surface area contributed by atoms with Crippen LogP contribution in [0.15, 0.2) is 96.5 Å². The van der Waals surface area contributed by atoms with E-state index in [1.807, 2.05) is 85.1 Å². The maximum absolute atomic E-state index is 13.7. The summed E-state index contributed by atoms with van der Waals surface area (Å²) in [6, 6.07) is 27.1. The molecule has 39 heavy (non-hydrogen) atoms. The highest BCUT2D eigenvalue weighted by atomic mass is 32.2. The van der Waals surface area contributed by atoms with E-state index >= 15 is 0 Å². The van der Waals surface area contributed by atoms with E-state index in [2.05, 4.69) is 11.1 Å². The van der Waals surface area contributed by atoms with Crippen LogP contribution in [0.3, 0.4) is 0 Å². The minimum Gasteiger partial charge on any atom is -0.385 e. The number of carbonyl (C=O) groups is 1. The van der Waals surface area contributed by atoms with Gasteiger partial charge in [-0.25, -0.2) is 8.42 Å². The van der Waals surface area contributed by atoms with Crippen LogP contribution in [0, 0.1) is 0 Å². The third-order valence-electron chi connectivity index (χ3n) is 6.55. The highest BCUT2D eigenvalue weighted by Crippen LogP contribution is 2.19. The lowest BCUT2D eigenvalue weighted by Crippen LogP contribution is -2.43. The van der Waals surface area contributed by atoms with Crippen molar-refractivity contribution in [3.8, 4) is 0 Å². The third kappa shape index (κ3) is 8.13. The predicted octanol–water partition coefficient (Wildman–Crippen LogP) is 5.08. The van der Waals surface area contributed by atoms with E-state index in [1.54, 1.807) is 18.1 Å². The molecule has 1 N–H and O–H groups in total. The zero-order valence-electron chi connectivity index (χ0n) is 22.2. The first kappa shape index (κ1) is 28.3. The molecule has 0 fully saturated rings. The van der Waals surface area contributed by atoms with Gasteiger partial charge in [0.15, 0.2) is 0 Å². The van der Waals surface area contributed by atoms with Crippen LogP contribution in [0.1, 0.15) is 23.1 Å². The summed E-state index contributed by atoms with van der Waals surface area (Å²) in [4.78, 5) is 18.7. The zero-order valence-corrected chi connectivity index (χ0v) is 23.0. The molecule has 4 aromatic rings. The van der Waals surface area contributed by atoms with E-state index in [-0.39, 0.29) is 19.0 Å². The first-order valence-electron chi connectivity index (χ1n) is 13.0. The Balaban J connectivity index is 1.53. The molecule has 4 rings (SSSR count). The Morgan fingerprint density at radius 3 is 2.36 bits per heavy atom. The Kier molecular flexibility index (Phi) is 10.1. The van der Waals surface area contributed by atoms with Gasteiger partial charge in [0.2, 0.25) is 15.9 Å². The minimum absolute atomic E-state index is 0.183. The number of H-pyrrole nitrogens is 1. The van der Waals surface area contributed by atoms with Crippen LogP contribution in [-0.4, -0.2) is 61.9 Å². The van der Waals surface area contributed by atoms with E-state index < -0.39 is 10.0 Å². The fourth-order valence-electron chi connectivity index (χ4n) is 4.44. The normalized spacial score (nSPS) is 11.9. The molecular formula is C31H35N3O4S. The molecule has 1 heterocycles. The number of hydrogen-bond acceptors (Lipinski definition) is 4. The molecule has 0 unspecified atom stereocenters. The van der Waals surface area contributed by atoms with Gasteiger partial charge in [0.05, 0.1) is 6.54 Å². The van der Waals surface area contributed by atoms with Gasteiger partial charge in [0.1, 0.15) is 0 Å². The van der Waals surface area contributed by atoms with Gasteiger partial charge in [0.25, 0.3) is 0 Å². The minimum atomic E-state index is -3.84. The summed E-state index contributed by atoms with van der Waals surface area (Å²) in [7, 11) is -2.27. The first-order valence-corrected chi connectivity index (χ1v) is 14.6. The van der Waals surface area contributed by atoms with Crippen molar-refractivity contribution in [2.45, 2.75) is 19.4 Å². The van der Waals surface area contributed by atoms with Crippen molar-refractivity contribution >= 4 is 32.9 Å². The van der Waals surface area contributed by atoms with Crippen molar-refractivity contribution < 1.29 is 17.9 Å². The smallest absolute Gasteiger partial charge is 0.238 e. The first-order chi connectivity index (χ1) is 19.0. The molecule has 204 valence electrons. The Hall–Kier alpha value is -3.72. The Bertz CT molecular complexity index is 1470. The molecule has 0 atom stereocenters. The number of carbonyl (C=O) groups excluding carboxylic acids is 1. The maximum Gasteiger partial charge on any atom is 0.238 e. The van der Waals surface area contributed by atoms with Crippen molar-refractivity contribution in [2.75, 3.05) is 33.4 Å². The molecule has 0 aliphatic heterocycles. The number of hydrogen-bond donors (Lipinski definition) is 1. The Morgan fingerprint density at radius 2 is 1.62 bits per heavy atom. The van der Waals surface area contributed by atoms with Gasteiger partial charge in [-0.05, 0) is 41.7 Å². The van der Waals surface area contributed by atoms with Crippen LogP contribution in [0.25, 0.3) is 17.0 Å². The lowest BCUT2D eigenvalue weighted by Gasteiger charge is -2.27. The maximum atomic E-state index is 13.7. The fraction of sp³-hybridized carbons (Fsp3) is 0.258. The number of para-hydroxylation sites is 1. The fourth-order valence-corrected chi connectivity index (χ4v) is 5.61. The Morgan fingerprint density at radius 1 is 0.923 bits per heavy atom. The molecule has 0 spiro atoms. The summed E-state index contributed by atoms with van der Waals surface area (Å²) >= 11 is 0. The quantitative estimate of drug-likeness (QED) is 0.224. The monoisotopic (exact) mass is 545 g/mol. The molecule has 3 aromatic carbocycles. The van der Waals surface area contributed by atoms with E-state index in [1.165, 1.54) is 9.71 Å². The van der Waals surface area contributed by atoms with Crippen LogP contribution in [0.2, 0.25) is 0 Å². The predicted molar refractivity (Wildman–Crippen MR) is 156 cm³/mol. The molecule has 8 heteroatoms. The number of nitrogens with one attached hydrogen (secondary N) is 1. The number of amides is 1.